The lowest BCUT2D eigenvalue weighted by molar-refractivity contribution is 0.486. The number of hydrogen-bond donors (Lipinski definition) is 1. The van der Waals surface area contributed by atoms with E-state index in [-0.39, 0.29) is 0 Å². The molecule has 0 aromatic heterocycles. The molecule has 0 aliphatic heterocycles. The van der Waals surface area contributed by atoms with Gasteiger partial charge in [0.25, 0.3) is 0 Å². The lowest BCUT2D eigenvalue weighted by Crippen LogP contribution is -2.29. The molecule has 0 saturated heterocycles. The molecule has 0 amide bonds. The van der Waals surface area contributed by atoms with Gasteiger partial charge < -0.3 is 5.32 Å². The topological polar surface area (TPSA) is 12.0 Å². The third-order valence-electron chi connectivity index (χ3n) is 2.17. The smallest absolute Gasteiger partial charge is 0.0102 e. The van der Waals surface area contributed by atoms with Gasteiger partial charge >= 0.3 is 0 Å². The van der Waals surface area contributed by atoms with Crippen LogP contribution >= 0.6 is 0 Å². The van der Waals surface area contributed by atoms with Crippen molar-refractivity contribution in [3.63, 3.8) is 0 Å². The highest BCUT2D eigenvalue weighted by molar-refractivity contribution is 5.17. The number of nitrogens with one attached hydrogen (secondary N) is 1. The highest BCUT2D eigenvalue weighted by atomic mass is 14.9. The monoisotopic (exact) mass is 153 g/mol. The predicted molar refractivity (Wildman–Crippen MR) is 51.6 cm³/mol. The minimum absolute atomic E-state index is 0.499. The Morgan fingerprint density at radius 2 is 2.00 bits per heavy atom. The minimum atomic E-state index is 0.499. The fourth-order valence-corrected chi connectivity index (χ4v) is 0.937. The average molecular weight is 153 g/mol. The summed E-state index contributed by atoms with van der Waals surface area (Å²) in [7, 11) is 1.98. The van der Waals surface area contributed by atoms with Crippen molar-refractivity contribution < 1.29 is 0 Å². The van der Waals surface area contributed by atoms with Crippen molar-refractivity contribution in [2.45, 2.75) is 26.8 Å². The maximum Gasteiger partial charge on any atom is 0.0102 e. The molecule has 64 valence electrons. The Morgan fingerprint density at radius 3 is 2.36 bits per heavy atom. The lowest BCUT2D eigenvalue weighted by atomic mass is 9.95. The molecule has 1 N–H and O–H groups in total. The van der Waals surface area contributed by atoms with E-state index in [1.54, 1.807) is 0 Å². The zero-order valence-electron chi connectivity index (χ0n) is 8.02. The largest absolute Gasteiger partial charge is 0.317 e. The van der Waals surface area contributed by atoms with Crippen LogP contribution in [0.5, 0.6) is 0 Å². The van der Waals surface area contributed by atoms with Gasteiger partial charge in [-0.15, -0.1) is 0 Å². The third-order valence-corrected chi connectivity index (χ3v) is 2.17. The Kier molecular flexibility index (Phi) is 4.88. The second-order valence-electron chi connectivity index (χ2n) is 2.94. The van der Waals surface area contributed by atoms with E-state index >= 15 is 0 Å². The highest BCUT2D eigenvalue weighted by Crippen LogP contribution is 2.13. The van der Waals surface area contributed by atoms with Crippen LogP contribution in [0.3, 0.4) is 0 Å². The van der Waals surface area contributed by atoms with Gasteiger partial charge in [-0.2, -0.15) is 0 Å². The molecule has 0 aromatic rings. The molecule has 0 spiro atoms. The van der Waals surface area contributed by atoms with Crippen molar-refractivity contribution in [3.05, 3.63) is 24.3 Å². The van der Waals surface area contributed by atoms with Gasteiger partial charge in [0.05, 0.1) is 0 Å². The van der Waals surface area contributed by atoms with Gasteiger partial charge in [-0.25, -0.2) is 0 Å². The van der Waals surface area contributed by atoms with E-state index in [1.165, 1.54) is 5.57 Å². The molecular formula is C10H19N. The summed E-state index contributed by atoms with van der Waals surface area (Å²) in [5.74, 6) is 0.510. The van der Waals surface area contributed by atoms with Crippen molar-refractivity contribution in [2.75, 3.05) is 7.05 Å². The normalized spacial score (nSPS) is 16.7. The molecule has 2 atom stereocenters. The maximum absolute atomic E-state index is 3.99. The molecule has 0 heterocycles. The number of rotatable bonds is 4. The quantitative estimate of drug-likeness (QED) is 0.611. The second kappa shape index (κ2) is 5.14. The SMILES string of the molecule is C=C(/C=C\C)C(C)C(C)NC. The van der Waals surface area contributed by atoms with E-state index in [9.17, 15) is 0 Å². The van der Waals surface area contributed by atoms with E-state index in [0.717, 1.165) is 0 Å². The third kappa shape index (κ3) is 3.38. The average Bonchev–Trinajstić information content (AvgIpc) is 2.02. The molecule has 11 heavy (non-hydrogen) atoms. The lowest BCUT2D eigenvalue weighted by Gasteiger charge is -2.19. The standard InChI is InChI=1S/C10H19N/c1-6-7-8(2)9(3)10(4)11-5/h6-7,9-11H,2H2,1,3-5H3/b7-6-. The van der Waals surface area contributed by atoms with Crippen LogP contribution in [0, 0.1) is 5.92 Å². The summed E-state index contributed by atoms with van der Waals surface area (Å²) < 4.78 is 0. The number of allylic oxidation sites excluding steroid dienone is 2. The van der Waals surface area contributed by atoms with E-state index < -0.39 is 0 Å². The van der Waals surface area contributed by atoms with Gasteiger partial charge in [0.1, 0.15) is 0 Å². The molecule has 0 aliphatic carbocycles. The van der Waals surface area contributed by atoms with Crippen LogP contribution in [-0.2, 0) is 0 Å². The van der Waals surface area contributed by atoms with Gasteiger partial charge in [-0.05, 0) is 26.8 Å². The molecule has 0 radical (unpaired) electrons. The van der Waals surface area contributed by atoms with Crippen molar-refractivity contribution >= 4 is 0 Å². The van der Waals surface area contributed by atoms with Crippen molar-refractivity contribution in [1.82, 2.24) is 5.32 Å². The molecule has 1 nitrogen and oxygen atoms in total. The van der Waals surface area contributed by atoms with Crippen LogP contribution in [0.15, 0.2) is 24.3 Å². The van der Waals surface area contributed by atoms with Crippen LogP contribution in [0.4, 0.5) is 0 Å². The molecule has 0 saturated carbocycles. The first-order valence-electron chi connectivity index (χ1n) is 4.12. The van der Waals surface area contributed by atoms with Gasteiger partial charge in [0.2, 0.25) is 0 Å². The Bertz CT molecular complexity index is 147. The molecule has 0 aliphatic rings. The molecular weight excluding hydrogens is 134 g/mol. The van der Waals surface area contributed by atoms with Crippen LogP contribution < -0.4 is 5.32 Å². The highest BCUT2D eigenvalue weighted by Gasteiger charge is 2.10. The molecule has 0 fully saturated rings. The maximum atomic E-state index is 3.99. The van der Waals surface area contributed by atoms with Gasteiger partial charge in [-0.3, -0.25) is 0 Å². The summed E-state index contributed by atoms with van der Waals surface area (Å²) in [5, 5.41) is 3.21. The van der Waals surface area contributed by atoms with E-state index in [4.69, 9.17) is 0 Å². The predicted octanol–water partition coefficient (Wildman–Crippen LogP) is 2.36. The Labute approximate surface area is 70.2 Å². The van der Waals surface area contributed by atoms with Crippen LogP contribution in [-0.4, -0.2) is 13.1 Å². The Balaban J connectivity index is 4.01. The van der Waals surface area contributed by atoms with Crippen LogP contribution in [0.25, 0.3) is 0 Å². The van der Waals surface area contributed by atoms with E-state index in [1.807, 2.05) is 20.0 Å². The summed E-state index contributed by atoms with van der Waals surface area (Å²) in [6.45, 7) is 10.4. The molecule has 0 bridgehead atoms. The first-order valence-corrected chi connectivity index (χ1v) is 4.12. The Hall–Kier alpha value is -0.560. The molecule has 2 unspecified atom stereocenters. The summed E-state index contributed by atoms with van der Waals surface area (Å²) in [6, 6.07) is 0.499. The molecule has 0 aromatic carbocycles. The van der Waals surface area contributed by atoms with Gasteiger partial charge in [-0.1, -0.05) is 31.2 Å². The summed E-state index contributed by atoms with van der Waals surface area (Å²) in [5.41, 5.74) is 1.19. The molecule has 0 rings (SSSR count). The minimum Gasteiger partial charge on any atom is -0.317 e. The van der Waals surface area contributed by atoms with Gasteiger partial charge in [0, 0.05) is 6.04 Å². The fraction of sp³-hybridized carbons (Fsp3) is 0.600. The molecule has 1 heteroatoms. The zero-order valence-corrected chi connectivity index (χ0v) is 8.02. The Morgan fingerprint density at radius 1 is 1.45 bits per heavy atom. The first kappa shape index (κ1) is 10.4. The number of hydrogen-bond acceptors (Lipinski definition) is 1. The second-order valence-corrected chi connectivity index (χ2v) is 2.94. The van der Waals surface area contributed by atoms with Crippen molar-refractivity contribution in [2.24, 2.45) is 5.92 Å². The van der Waals surface area contributed by atoms with E-state index in [0.29, 0.717) is 12.0 Å². The van der Waals surface area contributed by atoms with E-state index in [2.05, 4.69) is 31.8 Å². The first-order chi connectivity index (χ1) is 5.13. The van der Waals surface area contributed by atoms with Crippen LogP contribution in [0.2, 0.25) is 0 Å². The van der Waals surface area contributed by atoms with Crippen molar-refractivity contribution in [3.8, 4) is 0 Å². The van der Waals surface area contributed by atoms with Crippen LogP contribution in [0.1, 0.15) is 20.8 Å². The van der Waals surface area contributed by atoms with Gasteiger partial charge in [0.15, 0.2) is 0 Å². The zero-order chi connectivity index (χ0) is 8.85. The summed E-state index contributed by atoms with van der Waals surface area (Å²) in [4.78, 5) is 0. The fourth-order valence-electron chi connectivity index (χ4n) is 0.937. The summed E-state index contributed by atoms with van der Waals surface area (Å²) >= 11 is 0. The van der Waals surface area contributed by atoms with Crippen molar-refractivity contribution in [1.29, 1.82) is 0 Å². The summed E-state index contributed by atoms with van der Waals surface area (Å²) in [6.07, 6.45) is 4.10.